The lowest BCUT2D eigenvalue weighted by Crippen LogP contribution is -2.26. The number of carbonyl (C=O) groups is 1. The molecule has 0 fully saturated rings. The van der Waals surface area contributed by atoms with E-state index in [0.29, 0.717) is 12.1 Å². The van der Waals surface area contributed by atoms with Gasteiger partial charge < -0.3 is 4.90 Å². The number of rotatable bonds is 3. The fourth-order valence-electron chi connectivity index (χ4n) is 1.32. The molecule has 1 aliphatic heterocycles. The van der Waals surface area contributed by atoms with Gasteiger partial charge in [-0.05, 0) is 12.5 Å². The third-order valence-corrected chi connectivity index (χ3v) is 2.06. The van der Waals surface area contributed by atoms with E-state index in [9.17, 15) is 4.79 Å². The van der Waals surface area contributed by atoms with Crippen LogP contribution in [0, 0.1) is 0 Å². The first-order chi connectivity index (χ1) is 5.74. The van der Waals surface area contributed by atoms with E-state index in [1.807, 2.05) is 6.92 Å². The summed E-state index contributed by atoms with van der Waals surface area (Å²) in [6.07, 6.45) is 3.33. The molecule has 0 atom stereocenters. The minimum atomic E-state index is 0.0717. The zero-order valence-electron chi connectivity index (χ0n) is 7.34. The first-order valence-corrected chi connectivity index (χ1v) is 4.01. The van der Waals surface area contributed by atoms with Crippen LogP contribution in [0.5, 0.6) is 0 Å². The molecule has 0 radical (unpaired) electrons. The zero-order chi connectivity index (χ0) is 9.14. The Hall–Kier alpha value is -1.31. The van der Waals surface area contributed by atoms with Crippen LogP contribution >= 0.6 is 0 Å². The van der Waals surface area contributed by atoms with E-state index in [2.05, 4.69) is 13.2 Å². The van der Waals surface area contributed by atoms with E-state index < -0.39 is 0 Å². The average molecular weight is 163 g/mol. The molecule has 12 heavy (non-hydrogen) atoms. The predicted molar refractivity (Wildman–Crippen MR) is 49.7 cm³/mol. The molecule has 0 aromatic rings. The molecule has 0 saturated heterocycles. The van der Waals surface area contributed by atoms with Crippen molar-refractivity contribution in [1.82, 2.24) is 4.90 Å². The first kappa shape index (κ1) is 8.78. The van der Waals surface area contributed by atoms with Gasteiger partial charge in [0.15, 0.2) is 0 Å². The van der Waals surface area contributed by atoms with Gasteiger partial charge in [-0.3, -0.25) is 4.79 Å². The van der Waals surface area contributed by atoms with Crippen molar-refractivity contribution in [3.63, 3.8) is 0 Å². The van der Waals surface area contributed by atoms with Gasteiger partial charge in [-0.1, -0.05) is 25.3 Å². The number of likely N-dealkylation sites (N-methyl/N-ethyl adjacent to an activating group) is 1. The van der Waals surface area contributed by atoms with Gasteiger partial charge in [0.2, 0.25) is 0 Å². The fourth-order valence-corrected chi connectivity index (χ4v) is 1.32. The highest BCUT2D eigenvalue weighted by atomic mass is 16.2. The molecule has 0 aliphatic carbocycles. The molecule has 0 N–H and O–H groups in total. The van der Waals surface area contributed by atoms with Crippen molar-refractivity contribution in [2.24, 2.45) is 0 Å². The third-order valence-electron chi connectivity index (χ3n) is 2.06. The van der Waals surface area contributed by atoms with Gasteiger partial charge in [-0.2, -0.15) is 0 Å². The second-order valence-electron chi connectivity index (χ2n) is 2.67. The number of carbonyl (C=O) groups excluding carboxylic acids is 1. The van der Waals surface area contributed by atoms with E-state index in [-0.39, 0.29) is 5.91 Å². The maximum absolute atomic E-state index is 11.5. The van der Waals surface area contributed by atoms with Crippen LogP contribution in [-0.4, -0.2) is 23.9 Å². The average Bonchev–Trinajstić information content (AvgIpc) is 2.41. The number of nitrogens with zero attached hydrogens (tertiary/aromatic N) is 1. The second kappa shape index (κ2) is 3.39. The third kappa shape index (κ3) is 1.20. The molecule has 0 bridgehead atoms. The van der Waals surface area contributed by atoms with Crippen LogP contribution in [-0.2, 0) is 4.79 Å². The highest BCUT2D eigenvalue weighted by molar-refractivity contribution is 6.00. The Labute approximate surface area is 72.9 Å². The molecule has 2 heteroatoms. The Bertz CT molecular complexity index is 263. The maximum atomic E-state index is 11.5. The molecule has 0 aromatic heterocycles. The summed E-state index contributed by atoms with van der Waals surface area (Å²) in [4.78, 5) is 13.3. The minimum absolute atomic E-state index is 0.0717. The van der Waals surface area contributed by atoms with Crippen molar-refractivity contribution in [1.29, 1.82) is 0 Å². The van der Waals surface area contributed by atoms with Crippen LogP contribution in [0.2, 0.25) is 0 Å². The van der Waals surface area contributed by atoms with Gasteiger partial charge in [0.1, 0.15) is 0 Å². The Morgan fingerprint density at radius 1 is 1.50 bits per heavy atom. The summed E-state index contributed by atoms with van der Waals surface area (Å²) < 4.78 is 0. The van der Waals surface area contributed by atoms with Gasteiger partial charge in [-0.15, -0.1) is 0 Å². The van der Waals surface area contributed by atoms with E-state index in [4.69, 9.17) is 0 Å². The molecule has 1 rings (SSSR count). The molecule has 0 aromatic carbocycles. The summed E-state index contributed by atoms with van der Waals surface area (Å²) in [5, 5.41) is 0. The van der Waals surface area contributed by atoms with E-state index in [1.165, 1.54) is 0 Å². The summed E-state index contributed by atoms with van der Waals surface area (Å²) in [7, 11) is 0. The molecule has 64 valence electrons. The van der Waals surface area contributed by atoms with Crippen molar-refractivity contribution >= 4 is 5.91 Å². The molecule has 2 nitrogen and oxygen atoms in total. The second-order valence-corrected chi connectivity index (χ2v) is 2.67. The van der Waals surface area contributed by atoms with Gasteiger partial charge in [0.05, 0.1) is 0 Å². The van der Waals surface area contributed by atoms with Crippen LogP contribution in [0.25, 0.3) is 0 Å². The largest absolute Gasteiger partial charge is 0.335 e. The smallest absolute Gasteiger partial charge is 0.254 e. The summed E-state index contributed by atoms with van der Waals surface area (Å²) in [5.41, 5.74) is 1.68. The Morgan fingerprint density at radius 3 is 2.50 bits per heavy atom. The normalized spacial score (nSPS) is 17.1. The summed E-state index contributed by atoms with van der Waals surface area (Å²) >= 11 is 0. The van der Waals surface area contributed by atoms with Crippen LogP contribution in [0.15, 0.2) is 36.5 Å². The van der Waals surface area contributed by atoms with Crippen molar-refractivity contribution in [2.45, 2.75) is 6.92 Å². The molecule has 0 unspecified atom stereocenters. The minimum Gasteiger partial charge on any atom is -0.335 e. The van der Waals surface area contributed by atoms with Crippen molar-refractivity contribution < 1.29 is 4.79 Å². The van der Waals surface area contributed by atoms with Gasteiger partial charge in [0.25, 0.3) is 5.91 Å². The standard InChI is InChI=1S/C10H13NO/c1-4-8-7-11(6-3)10(12)9(8)5-2/h4-5H,1-2,6-7H2,3H3. The van der Waals surface area contributed by atoms with Crippen molar-refractivity contribution in [3.8, 4) is 0 Å². The lowest BCUT2D eigenvalue weighted by molar-refractivity contribution is -0.124. The van der Waals surface area contributed by atoms with E-state index in [1.54, 1.807) is 17.1 Å². The monoisotopic (exact) mass is 163 g/mol. The predicted octanol–water partition coefficient (Wildman–Crippen LogP) is 1.52. The molecule has 1 heterocycles. The molecule has 0 spiro atoms. The fraction of sp³-hybridized carbons (Fsp3) is 0.300. The van der Waals surface area contributed by atoms with Gasteiger partial charge in [-0.25, -0.2) is 0 Å². The Morgan fingerprint density at radius 2 is 2.17 bits per heavy atom. The topological polar surface area (TPSA) is 20.3 Å². The van der Waals surface area contributed by atoms with E-state index in [0.717, 1.165) is 12.1 Å². The summed E-state index contributed by atoms with van der Waals surface area (Å²) in [5.74, 6) is 0.0717. The molecule has 1 aliphatic rings. The molecule has 0 saturated carbocycles. The lowest BCUT2D eigenvalue weighted by Gasteiger charge is -2.12. The number of hydrogen-bond acceptors (Lipinski definition) is 1. The quantitative estimate of drug-likeness (QED) is 0.617. The van der Waals surface area contributed by atoms with E-state index >= 15 is 0 Å². The maximum Gasteiger partial charge on any atom is 0.254 e. The van der Waals surface area contributed by atoms with Crippen LogP contribution in [0.3, 0.4) is 0 Å². The van der Waals surface area contributed by atoms with Crippen LogP contribution in [0.1, 0.15) is 6.92 Å². The van der Waals surface area contributed by atoms with Gasteiger partial charge in [0, 0.05) is 18.7 Å². The Balaban J connectivity index is 2.96. The first-order valence-electron chi connectivity index (χ1n) is 4.01. The highest BCUT2D eigenvalue weighted by Gasteiger charge is 2.24. The number of amides is 1. The zero-order valence-corrected chi connectivity index (χ0v) is 7.34. The summed E-state index contributed by atoms with van der Waals surface area (Å²) in [6, 6.07) is 0. The molecule has 1 amide bonds. The Kier molecular flexibility index (Phi) is 2.48. The lowest BCUT2D eigenvalue weighted by atomic mass is 10.1. The SMILES string of the molecule is C=CC1=C(C=C)C(=O)N(CC)C1. The van der Waals surface area contributed by atoms with Gasteiger partial charge >= 0.3 is 0 Å². The molecular weight excluding hydrogens is 150 g/mol. The van der Waals surface area contributed by atoms with Crippen LogP contribution < -0.4 is 0 Å². The van der Waals surface area contributed by atoms with Crippen molar-refractivity contribution in [3.05, 3.63) is 36.5 Å². The van der Waals surface area contributed by atoms with Crippen molar-refractivity contribution in [2.75, 3.05) is 13.1 Å². The molecular formula is C10H13NO. The highest BCUT2D eigenvalue weighted by Crippen LogP contribution is 2.19. The van der Waals surface area contributed by atoms with Crippen LogP contribution in [0.4, 0.5) is 0 Å². The summed E-state index contributed by atoms with van der Waals surface area (Å²) in [6.45, 7) is 10.7. The number of hydrogen-bond donors (Lipinski definition) is 0.